The molecule has 6 nitrogen and oxygen atoms in total. The minimum absolute atomic E-state index is 0. The summed E-state index contributed by atoms with van der Waals surface area (Å²) < 4.78 is 5.64. The largest absolute Gasteiger partial charge is 0.444 e. The van der Waals surface area contributed by atoms with E-state index in [1.54, 1.807) is 6.26 Å². The molecule has 1 saturated carbocycles. The van der Waals surface area contributed by atoms with Gasteiger partial charge in [-0.1, -0.05) is 37.0 Å². The molecule has 1 aromatic carbocycles. The fourth-order valence-corrected chi connectivity index (χ4v) is 4.04. The molecule has 0 unspecified atom stereocenters. The predicted molar refractivity (Wildman–Crippen MR) is 132 cm³/mol. The van der Waals surface area contributed by atoms with Gasteiger partial charge in [-0.2, -0.15) is 0 Å². The molecule has 0 atom stereocenters. The summed E-state index contributed by atoms with van der Waals surface area (Å²) in [6.07, 6.45) is 8.66. The molecule has 0 aliphatic heterocycles. The zero-order chi connectivity index (χ0) is 20.5. The van der Waals surface area contributed by atoms with Gasteiger partial charge in [0.1, 0.15) is 12.0 Å². The number of hydrogen-bond acceptors (Lipinski definition) is 4. The lowest BCUT2D eigenvalue weighted by Crippen LogP contribution is -2.44. The molecule has 1 heterocycles. The highest BCUT2D eigenvalue weighted by molar-refractivity contribution is 14.0. The van der Waals surface area contributed by atoms with Crippen LogP contribution in [0.25, 0.3) is 11.5 Å². The number of nitrogens with zero attached hydrogens (tertiary/aromatic N) is 2. The molecule has 1 fully saturated rings. The topological polar surface area (TPSA) is 82.7 Å². The van der Waals surface area contributed by atoms with Gasteiger partial charge in [-0.05, 0) is 50.7 Å². The van der Waals surface area contributed by atoms with Gasteiger partial charge >= 0.3 is 0 Å². The second-order valence-electron chi connectivity index (χ2n) is 8.09. The van der Waals surface area contributed by atoms with Crippen LogP contribution in [-0.2, 0) is 6.54 Å². The van der Waals surface area contributed by atoms with Crippen LogP contribution in [0, 0.1) is 12.3 Å². The lowest BCUT2D eigenvalue weighted by atomic mass is 9.72. The van der Waals surface area contributed by atoms with Gasteiger partial charge in [0, 0.05) is 25.3 Å². The van der Waals surface area contributed by atoms with Crippen LogP contribution in [0.2, 0.25) is 0 Å². The molecule has 0 spiro atoms. The molecule has 30 heavy (non-hydrogen) atoms. The van der Waals surface area contributed by atoms with E-state index < -0.39 is 0 Å². The highest BCUT2D eigenvalue weighted by Gasteiger charge is 2.31. The third-order valence-corrected chi connectivity index (χ3v) is 5.78. The zero-order valence-corrected chi connectivity index (χ0v) is 20.4. The van der Waals surface area contributed by atoms with Crippen LogP contribution in [0.4, 0.5) is 0 Å². The molecule has 2 aromatic rings. The van der Waals surface area contributed by atoms with Gasteiger partial charge in [0.05, 0.1) is 6.54 Å². The molecule has 166 valence electrons. The van der Waals surface area contributed by atoms with Crippen molar-refractivity contribution >= 4 is 29.9 Å². The summed E-state index contributed by atoms with van der Waals surface area (Å²) in [5.74, 6) is 1.41. The minimum Gasteiger partial charge on any atom is -0.444 e. The number of aryl methyl sites for hydroxylation is 1. The highest BCUT2D eigenvalue weighted by Crippen LogP contribution is 2.38. The Morgan fingerprint density at radius 3 is 2.57 bits per heavy atom. The monoisotopic (exact) mass is 526 g/mol. The van der Waals surface area contributed by atoms with Crippen LogP contribution >= 0.6 is 24.0 Å². The van der Waals surface area contributed by atoms with Crippen molar-refractivity contribution in [2.45, 2.75) is 58.9 Å². The first-order valence-electron chi connectivity index (χ1n) is 10.8. The maximum atomic E-state index is 9.52. The molecular weight excluding hydrogens is 491 g/mol. The van der Waals surface area contributed by atoms with E-state index in [0.29, 0.717) is 12.4 Å². The Labute approximate surface area is 197 Å². The van der Waals surface area contributed by atoms with Gasteiger partial charge in [-0.3, -0.25) is 0 Å². The van der Waals surface area contributed by atoms with E-state index in [1.807, 2.05) is 12.1 Å². The number of halogens is 1. The molecule has 7 heteroatoms. The van der Waals surface area contributed by atoms with Crippen molar-refractivity contribution in [2.24, 2.45) is 10.4 Å². The van der Waals surface area contributed by atoms with Gasteiger partial charge in [0.2, 0.25) is 5.89 Å². The number of nitrogens with one attached hydrogen (secondary N) is 2. The summed E-state index contributed by atoms with van der Waals surface area (Å²) in [7, 11) is 0. The van der Waals surface area contributed by atoms with Crippen LogP contribution < -0.4 is 10.6 Å². The van der Waals surface area contributed by atoms with Crippen LogP contribution in [0.3, 0.4) is 0 Å². The number of aromatic nitrogens is 1. The van der Waals surface area contributed by atoms with Crippen LogP contribution in [0.15, 0.2) is 39.9 Å². The average molecular weight is 526 g/mol. The number of rotatable bonds is 8. The fourth-order valence-electron chi connectivity index (χ4n) is 4.04. The first-order chi connectivity index (χ1) is 14.1. The summed E-state index contributed by atoms with van der Waals surface area (Å²) >= 11 is 0. The Morgan fingerprint density at radius 1 is 1.17 bits per heavy atom. The molecule has 0 radical (unpaired) electrons. The van der Waals surface area contributed by atoms with Crippen molar-refractivity contribution in [1.82, 2.24) is 15.6 Å². The van der Waals surface area contributed by atoms with Crippen molar-refractivity contribution in [2.75, 3.05) is 19.7 Å². The van der Waals surface area contributed by atoms with Gasteiger partial charge < -0.3 is 20.2 Å². The lowest BCUT2D eigenvalue weighted by Gasteiger charge is -2.37. The molecule has 1 aromatic heterocycles. The quantitative estimate of drug-likeness (QED) is 0.265. The van der Waals surface area contributed by atoms with Crippen molar-refractivity contribution in [3.05, 3.63) is 41.8 Å². The van der Waals surface area contributed by atoms with Crippen molar-refractivity contribution < 1.29 is 9.52 Å². The lowest BCUT2D eigenvalue weighted by molar-refractivity contribution is 0.131. The van der Waals surface area contributed by atoms with E-state index in [2.05, 4.69) is 46.6 Å². The Balaban J connectivity index is 0.00000320. The number of oxazole rings is 1. The normalized spacial score (nSPS) is 16.0. The molecule has 0 bridgehead atoms. The summed E-state index contributed by atoms with van der Waals surface area (Å²) in [5, 5.41) is 16.3. The Hall–Kier alpha value is -1.61. The van der Waals surface area contributed by atoms with Crippen LogP contribution in [0.1, 0.15) is 56.7 Å². The molecular formula is C23H35IN4O2. The summed E-state index contributed by atoms with van der Waals surface area (Å²) in [5.41, 5.74) is 3.17. The summed E-state index contributed by atoms with van der Waals surface area (Å²) in [4.78, 5) is 9.26. The zero-order valence-electron chi connectivity index (χ0n) is 18.1. The van der Waals surface area contributed by atoms with E-state index in [-0.39, 0.29) is 36.0 Å². The third kappa shape index (κ3) is 6.97. The van der Waals surface area contributed by atoms with Gasteiger partial charge in [-0.15, -0.1) is 24.0 Å². The summed E-state index contributed by atoms with van der Waals surface area (Å²) in [6.45, 7) is 6.46. The van der Waals surface area contributed by atoms with Crippen molar-refractivity contribution in [1.29, 1.82) is 0 Å². The number of aliphatic hydroxyl groups is 1. The molecule has 3 rings (SSSR count). The maximum Gasteiger partial charge on any atom is 0.226 e. The number of hydrogen-bond donors (Lipinski definition) is 3. The first-order valence-corrected chi connectivity index (χ1v) is 10.8. The molecule has 1 aliphatic rings. The van der Waals surface area contributed by atoms with E-state index in [4.69, 9.17) is 4.42 Å². The van der Waals surface area contributed by atoms with Crippen LogP contribution in [0.5, 0.6) is 0 Å². The third-order valence-electron chi connectivity index (χ3n) is 5.78. The average Bonchev–Trinajstić information content (AvgIpc) is 3.21. The van der Waals surface area contributed by atoms with Crippen molar-refractivity contribution in [3.8, 4) is 11.5 Å². The van der Waals surface area contributed by atoms with Gasteiger partial charge in [0.15, 0.2) is 5.96 Å². The van der Waals surface area contributed by atoms with Gasteiger partial charge in [0.25, 0.3) is 0 Å². The highest BCUT2D eigenvalue weighted by atomic mass is 127. The van der Waals surface area contributed by atoms with E-state index in [0.717, 1.165) is 36.7 Å². The fraction of sp³-hybridized carbons (Fsp3) is 0.565. The van der Waals surface area contributed by atoms with Gasteiger partial charge in [-0.25, -0.2) is 9.98 Å². The van der Waals surface area contributed by atoms with Crippen molar-refractivity contribution in [3.63, 3.8) is 0 Å². The molecule has 3 N–H and O–H groups in total. The molecule has 0 amide bonds. The standard InChI is InChI=1S/C23H34N4O2.HI/c1-3-24-22(26-17-23(13-14-28)11-5-4-6-12-23)25-15-20-16-29-21(27-20)19-9-7-18(2)8-10-19;/h7-10,16,28H,3-6,11-15,17H2,1-2H3,(H2,24,25,26);1H. The number of guanidine groups is 1. The van der Waals surface area contributed by atoms with Crippen LogP contribution in [-0.4, -0.2) is 35.7 Å². The number of benzene rings is 1. The summed E-state index contributed by atoms with van der Waals surface area (Å²) in [6, 6.07) is 8.14. The number of aliphatic imine (C=N–C) groups is 1. The predicted octanol–water partition coefficient (Wildman–Crippen LogP) is 4.66. The first kappa shape index (κ1) is 24.7. The molecule has 0 saturated heterocycles. The SMILES string of the molecule is CCNC(=NCc1coc(-c2ccc(C)cc2)n1)NCC1(CCO)CCCCC1.I. The second-order valence-corrected chi connectivity index (χ2v) is 8.09. The van der Waals surface area contributed by atoms with E-state index >= 15 is 0 Å². The second kappa shape index (κ2) is 12.3. The Morgan fingerprint density at radius 2 is 1.90 bits per heavy atom. The van der Waals surface area contributed by atoms with E-state index in [9.17, 15) is 5.11 Å². The molecule has 1 aliphatic carbocycles. The number of aliphatic hydroxyl groups excluding tert-OH is 1. The Bertz CT molecular complexity index is 777. The maximum absolute atomic E-state index is 9.52. The smallest absolute Gasteiger partial charge is 0.226 e. The van der Waals surface area contributed by atoms with E-state index in [1.165, 1.54) is 37.7 Å². The Kier molecular flexibility index (Phi) is 10.1. The minimum atomic E-state index is 0.